The molecule has 2 rings (SSSR count). The molecule has 1 amide bonds. The van der Waals surface area contributed by atoms with E-state index in [-0.39, 0.29) is 17.4 Å². The minimum atomic E-state index is -0.574. The lowest BCUT2D eigenvalue weighted by atomic mass is 10.1. The van der Waals surface area contributed by atoms with Gasteiger partial charge in [0.15, 0.2) is 11.5 Å². The van der Waals surface area contributed by atoms with Crippen LogP contribution in [0.2, 0.25) is 0 Å². The Kier molecular flexibility index (Phi) is 6.67. The number of carbonyl (C=O) groups is 1. The van der Waals surface area contributed by atoms with Crippen LogP contribution in [0.15, 0.2) is 54.2 Å². The largest absolute Gasteiger partial charge is 0.508 e. The Labute approximate surface area is 157 Å². The molecule has 2 aromatic rings. The van der Waals surface area contributed by atoms with Crippen molar-refractivity contribution >= 4 is 11.6 Å². The van der Waals surface area contributed by atoms with Crippen LogP contribution in [0, 0.1) is 11.3 Å². The van der Waals surface area contributed by atoms with Crippen LogP contribution in [0.3, 0.4) is 0 Å². The van der Waals surface area contributed by atoms with Crippen LogP contribution in [0.25, 0.3) is 0 Å². The number of methoxy groups -OCH3 is 2. The number of nitriles is 1. The number of hydrogen-bond acceptors (Lipinski definition) is 6. The van der Waals surface area contributed by atoms with Gasteiger partial charge in [-0.3, -0.25) is 4.79 Å². The summed E-state index contributed by atoms with van der Waals surface area (Å²) in [6, 6.07) is 13.3. The molecule has 0 aliphatic rings. The third kappa shape index (κ3) is 5.16. The fraction of sp³-hybridized carbons (Fsp3) is 0.200. The Bertz CT molecular complexity index is 887. The van der Waals surface area contributed by atoms with Crippen molar-refractivity contribution < 1.29 is 19.4 Å². The molecule has 0 spiro atoms. The Hall–Kier alpha value is -3.66. The lowest BCUT2D eigenvalue weighted by molar-refractivity contribution is -0.112. The summed E-state index contributed by atoms with van der Waals surface area (Å²) < 4.78 is 10.5. The summed E-state index contributed by atoms with van der Waals surface area (Å²) in [5.74, 6) is 0.660. The predicted molar refractivity (Wildman–Crippen MR) is 102 cm³/mol. The van der Waals surface area contributed by atoms with Gasteiger partial charge in [-0.1, -0.05) is 12.1 Å². The van der Waals surface area contributed by atoms with Gasteiger partial charge in [0, 0.05) is 24.0 Å². The number of benzene rings is 2. The summed E-state index contributed by atoms with van der Waals surface area (Å²) in [4.78, 5) is 12.2. The number of phenolic OH excluding ortho intramolecular Hbond substituents is 1. The number of ether oxygens (including phenoxy) is 2. The molecule has 0 aliphatic carbocycles. The van der Waals surface area contributed by atoms with Crippen LogP contribution in [0.1, 0.15) is 18.5 Å². The Balaban J connectivity index is 2.09. The molecule has 0 bridgehead atoms. The average Bonchev–Trinajstić information content (AvgIpc) is 2.67. The van der Waals surface area contributed by atoms with Crippen molar-refractivity contribution in [1.29, 1.82) is 5.26 Å². The molecule has 0 heterocycles. The number of amides is 1. The fourth-order valence-electron chi connectivity index (χ4n) is 2.36. The molecule has 0 aromatic heterocycles. The predicted octanol–water partition coefficient (Wildman–Crippen LogP) is 3.11. The van der Waals surface area contributed by atoms with Gasteiger partial charge < -0.3 is 25.2 Å². The first-order valence-electron chi connectivity index (χ1n) is 8.17. The first-order chi connectivity index (χ1) is 13.0. The summed E-state index contributed by atoms with van der Waals surface area (Å²) >= 11 is 0. The first kappa shape index (κ1) is 19.7. The van der Waals surface area contributed by atoms with Crippen molar-refractivity contribution in [3.63, 3.8) is 0 Å². The van der Waals surface area contributed by atoms with Crippen LogP contribution in [0.5, 0.6) is 17.2 Å². The monoisotopic (exact) mass is 367 g/mol. The van der Waals surface area contributed by atoms with Crippen molar-refractivity contribution in [3.05, 3.63) is 59.8 Å². The maximum Gasteiger partial charge on any atom is 0.267 e. The number of phenols is 1. The van der Waals surface area contributed by atoms with Gasteiger partial charge in [0.25, 0.3) is 5.91 Å². The van der Waals surface area contributed by atoms with Crippen molar-refractivity contribution in [3.8, 4) is 23.3 Å². The highest BCUT2D eigenvalue weighted by atomic mass is 16.5. The average molecular weight is 367 g/mol. The minimum Gasteiger partial charge on any atom is -0.508 e. The number of anilines is 1. The Morgan fingerprint density at radius 2 is 1.93 bits per heavy atom. The lowest BCUT2D eigenvalue weighted by Crippen LogP contribution is -2.18. The highest BCUT2D eigenvalue weighted by Crippen LogP contribution is 2.29. The molecule has 1 unspecified atom stereocenters. The first-order valence-corrected chi connectivity index (χ1v) is 8.17. The second-order valence-corrected chi connectivity index (χ2v) is 5.68. The molecule has 140 valence electrons. The SMILES string of the molecule is COc1ccc(C(C)N/C=C(/C#N)C(=O)Nc2cccc(O)c2)cc1OC. The molecule has 1 atom stereocenters. The normalized spacial score (nSPS) is 11.9. The summed E-state index contributed by atoms with van der Waals surface area (Å²) in [5.41, 5.74) is 1.20. The highest BCUT2D eigenvalue weighted by Gasteiger charge is 2.12. The van der Waals surface area contributed by atoms with Gasteiger partial charge in [-0.25, -0.2) is 0 Å². The number of nitrogens with one attached hydrogen (secondary N) is 2. The number of carbonyl (C=O) groups excluding carboxylic acids is 1. The molecule has 0 aliphatic heterocycles. The smallest absolute Gasteiger partial charge is 0.267 e. The van der Waals surface area contributed by atoms with E-state index in [0.717, 1.165) is 5.56 Å². The van der Waals surface area contributed by atoms with E-state index in [2.05, 4.69) is 10.6 Å². The van der Waals surface area contributed by atoms with E-state index in [9.17, 15) is 15.2 Å². The van der Waals surface area contributed by atoms with Gasteiger partial charge >= 0.3 is 0 Å². The van der Waals surface area contributed by atoms with Crippen LogP contribution in [0.4, 0.5) is 5.69 Å². The van der Waals surface area contributed by atoms with Crippen molar-refractivity contribution in [1.82, 2.24) is 5.32 Å². The molecule has 7 nitrogen and oxygen atoms in total. The number of aromatic hydroxyl groups is 1. The Morgan fingerprint density at radius 3 is 2.56 bits per heavy atom. The summed E-state index contributed by atoms with van der Waals surface area (Å²) in [6.45, 7) is 1.89. The summed E-state index contributed by atoms with van der Waals surface area (Å²) in [7, 11) is 3.12. The minimum absolute atomic E-state index is 0.0236. The van der Waals surface area contributed by atoms with Gasteiger partial charge in [-0.2, -0.15) is 5.26 Å². The molecular weight excluding hydrogens is 346 g/mol. The molecule has 0 radical (unpaired) electrons. The number of hydrogen-bond donors (Lipinski definition) is 3. The van der Waals surface area contributed by atoms with Crippen LogP contribution in [-0.4, -0.2) is 25.2 Å². The molecule has 0 saturated heterocycles. The van der Waals surface area contributed by atoms with E-state index in [0.29, 0.717) is 17.2 Å². The second kappa shape index (κ2) is 9.15. The molecule has 0 saturated carbocycles. The topological polar surface area (TPSA) is 104 Å². The van der Waals surface area contributed by atoms with Crippen molar-refractivity contribution in [2.75, 3.05) is 19.5 Å². The summed E-state index contributed by atoms with van der Waals surface area (Å²) in [6.07, 6.45) is 1.36. The van der Waals surface area contributed by atoms with Crippen LogP contribution >= 0.6 is 0 Å². The van der Waals surface area contributed by atoms with Crippen molar-refractivity contribution in [2.45, 2.75) is 13.0 Å². The van der Waals surface area contributed by atoms with E-state index in [1.807, 2.05) is 25.1 Å². The van der Waals surface area contributed by atoms with E-state index in [1.165, 1.54) is 18.3 Å². The summed E-state index contributed by atoms with van der Waals surface area (Å²) in [5, 5.41) is 24.3. The Morgan fingerprint density at radius 1 is 1.19 bits per heavy atom. The third-order valence-corrected chi connectivity index (χ3v) is 3.85. The maximum absolute atomic E-state index is 12.2. The quantitative estimate of drug-likeness (QED) is 0.513. The van der Waals surface area contributed by atoms with Gasteiger partial charge in [-0.05, 0) is 36.8 Å². The maximum atomic E-state index is 12.2. The molecule has 7 heteroatoms. The zero-order chi connectivity index (χ0) is 19.8. The molecule has 3 N–H and O–H groups in total. The van der Waals surface area contributed by atoms with E-state index in [1.54, 1.807) is 32.4 Å². The zero-order valence-corrected chi connectivity index (χ0v) is 15.3. The van der Waals surface area contributed by atoms with Crippen LogP contribution < -0.4 is 20.1 Å². The second-order valence-electron chi connectivity index (χ2n) is 5.68. The van der Waals surface area contributed by atoms with Gasteiger partial charge in [0.2, 0.25) is 0 Å². The van der Waals surface area contributed by atoms with Crippen molar-refractivity contribution in [2.24, 2.45) is 0 Å². The molecule has 2 aromatic carbocycles. The third-order valence-electron chi connectivity index (χ3n) is 3.85. The number of nitrogens with zero attached hydrogens (tertiary/aromatic N) is 1. The van der Waals surface area contributed by atoms with E-state index < -0.39 is 5.91 Å². The van der Waals surface area contributed by atoms with Crippen LogP contribution in [-0.2, 0) is 4.79 Å². The van der Waals surface area contributed by atoms with Gasteiger partial charge in [0.05, 0.1) is 14.2 Å². The lowest BCUT2D eigenvalue weighted by Gasteiger charge is -2.15. The fourth-order valence-corrected chi connectivity index (χ4v) is 2.36. The molecule has 27 heavy (non-hydrogen) atoms. The highest BCUT2D eigenvalue weighted by molar-refractivity contribution is 6.06. The standard InChI is InChI=1S/C20H21N3O4/c1-13(14-7-8-18(26-2)19(9-14)27-3)22-12-15(11-21)20(25)23-16-5-4-6-17(24)10-16/h4-10,12-13,22,24H,1-3H3,(H,23,25)/b15-12-. The number of rotatable bonds is 7. The molecule has 0 fully saturated rings. The van der Waals surface area contributed by atoms with Gasteiger partial charge in [0.1, 0.15) is 17.4 Å². The molecular formula is C20H21N3O4. The zero-order valence-electron chi connectivity index (χ0n) is 15.3. The van der Waals surface area contributed by atoms with E-state index >= 15 is 0 Å². The van der Waals surface area contributed by atoms with E-state index in [4.69, 9.17) is 9.47 Å². The van der Waals surface area contributed by atoms with Gasteiger partial charge in [-0.15, -0.1) is 0 Å².